The summed E-state index contributed by atoms with van der Waals surface area (Å²) < 4.78 is 7.32. The smallest absolute Gasteiger partial charge is 0.0624 e. The van der Waals surface area contributed by atoms with Gasteiger partial charge in [0, 0.05) is 25.3 Å². The summed E-state index contributed by atoms with van der Waals surface area (Å²) in [5, 5.41) is 14.3. The Hall–Kier alpha value is -0.870. The molecule has 1 aromatic rings. The molecule has 4 nitrogen and oxygen atoms in total. The van der Waals surface area contributed by atoms with E-state index in [9.17, 15) is 5.11 Å². The van der Waals surface area contributed by atoms with Crippen molar-refractivity contribution < 1.29 is 9.84 Å². The molecule has 0 radical (unpaired) electrons. The first-order chi connectivity index (χ1) is 7.70. The zero-order chi connectivity index (χ0) is 11.5. The second-order valence-corrected chi connectivity index (χ2v) is 4.50. The first kappa shape index (κ1) is 11.6. The Labute approximate surface area is 96.2 Å². The standard InChI is InChI=1S/C12H20N2O2/c1-3-10-7-11(14(2)13-10)6-9-8-16-5-4-12(9)15/h7,9,12,15H,3-6,8H2,1-2H3. The molecule has 0 aromatic carbocycles. The van der Waals surface area contributed by atoms with E-state index in [1.54, 1.807) is 0 Å². The molecule has 0 spiro atoms. The van der Waals surface area contributed by atoms with Gasteiger partial charge < -0.3 is 9.84 Å². The van der Waals surface area contributed by atoms with Crippen molar-refractivity contribution in [2.45, 2.75) is 32.3 Å². The minimum absolute atomic E-state index is 0.217. The second kappa shape index (κ2) is 4.97. The van der Waals surface area contributed by atoms with Crippen molar-refractivity contribution in [2.24, 2.45) is 13.0 Å². The maximum atomic E-state index is 9.88. The Kier molecular flexibility index (Phi) is 3.61. The Morgan fingerprint density at radius 2 is 2.44 bits per heavy atom. The number of hydrogen-bond acceptors (Lipinski definition) is 3. The predicted octanol–water partition coefficient (Wildman–Crippen LogP) is 0.922. The number of hydrogen-bond donors (Lipinski definition) is 1. The summed E-state index contributed by atoms with van der Waals surface area (Å²) in [5.41, 5.74) is 2.30. The van der Waals surface area contributed by atoms with E-state index >= 15 is 0 Å². The van der Waals surface area contributed by atoms with Gasteiger partial charge in [-0.05, 0) is 25.3 Å². The molecular formula is C12H20N2O2. The van der Waals surface area contributed by atoms with Crippen molar-refractivity contribution in [1.29, 1.82) is 0 Å². The van der Waals surface area contributed by atoms with E-state index in [4.69, 9.17) is 4.74 Å². The zero-order valence-corrected chi connectivity index (χ0v) is 10.0. The van der Waals surface area contributed by atoms with Crippen LogP contribution in [-0.2, 0) is 24.6 Å². The average molecular weight is 224 g/mol. The largest absolute Gasteiger partial charge is 0.393 e. The van der Waals surface area contributed by atoms with E-state index in [1.165, 1.54) is 5.69 Å². The lowest BCUT2D eigenvalue weighted by Crippen LogP contribution is -2.33. The normalized spacial score (nSPS) is 25.9. The van der Waals surface area contributed by atoms with Crippen LogP contribution in [0, 0.1) is 5.92 Å². The first-order valence-electron chi connectivity index (χ1n) is 5.98. The molecular weight excluding hydrogens is 204 g/mol. The molecule has 1 aliphatic rings. The van der Waals surface area contributed by atoms with E-state index in [0.717, 1.165) is 25.0 Å². The molecule has 2 rings (SSSR count). The lowest BCUT2D eigenvalue weighted by atomic mass is 9.93. The fourth-order valence-electron chi connectivity index (χ4n) is 2.18. The van der Waals surface area contributed by atoms with Crippen LogP contribution in [0.1, 0.15) is 24.7 Å². The third kappa shape index (κ3) is 2.44. The topological polar surface area (TPSA) is 47.3 Å². The molecule has 0 saturated carbocycles. The highest BCUT2D eigenvalue weighted by atomic mass is 16.5. The average Bonchev–Trinajstić information content (AvgIpc) is 2.63. The van der Waals surface area contributed by atoms with Crippen LogP contribution in [0.4, 0.5) is 0 Å². The van der Waals surface area contributed by atoms with Crippen LogP contribution >= 0.6 is 0 Å². The molecule has 1 saturated heterocycles. The van der Waals surface area contributed by atoms with Gasteiger partial charge >= 0.3 is 0 Å². The molecule has 1 aliphatic heterocycles. The number of ether oxygens (including phenoxy) is 1. The summed E-state index contributed by atoms with van der Waals surface area (Å²) in [6, 6.07) is 2.13. The molecule has 16 heavy (non-hydrogen) atoms. The van der Waals surface area contributed by atoms with Gasteiger partial charge in [-0.1, -0.05) is 6.92 Å². The molecule has 4 heteroatoms. The summed E-state index contributed by atoms with van der Waals surface area (Å²) in [7, 11) is 1.96. The van der Waals surface area contributed by atoms with Crippen molar-refractivity contribution >= 4 is 0 Å². The number of aromatic nitrogens is 2. The third-order valence-electron chi connectivity index (χ3n) is 3.29. The van der Waals surface area contributed by atoms with Crippen LogP contribution in [0.2, 0.25) is 0 Å². The first-order valence-corrected chi connectivity index (χ1v) is 5.98. The Morgan fingerprint density at radius 3 is 3.06 bits per heavy atom. The van der Waals surface area contributed by atoms with Crippen LogP contribution in [0.5, 0.6) is 0 Å². The van der Waals surface area contributed by atoms with Gasteiger partial charge in [0.2, 0.25) is 0 Å². The van der Waals surface area contributed by atoms with Crippen LogP contribution in [-0.4, -0.2) is 34.2 Å². The molecule has 2 unspecified atom stereocenters. The summed E-state index contributed by atoms with van der Waals surface area (Å²) in [6.45, 7) is 3.45. The minimum atomic E-state index is -0.228. The van der Waals surface area contributed by atoms with Crippen molar-refractivity contribution in [3.05, 3.63) is 17.5 Å². The lowest BCUT2D eigenvalue weighted by Gasteiger charge is -2.27. The molecule has 0 amide bonds. The number of aryl methyl sites for hydroxylation is 2. The van der Waals surface area contributed by atoms with Crippen molar-refractivity contribution in [3.63, 3.8) is 0 Å². The number of aliphatic hydroxyl groups excluding tert-OH is 1. The molecule has 1 aromatic heterocycles. The fourth-order valence-corrected chi connectivity index (χ4v) is 2.18. The van der Waals surface area contributed by atoms with Crippen LogP contribution in [0.25, 0.3) is 0 Å². The van der Waals surface area contributed by atoms with E-state index in [-0.39, 0.29) is 12.0 Å². The SMILES string of the molecule is CCc1cc(CC2COCCC2O)n(C)n1. The van der Waals surface area contributed by atoms with Crippen molar-refractivity contribution in [2.75, 3.05) is 13.2 Å². The zero-order valence-electron chi connectivity index (χ0n) is 10.0. The van der Waals surface area contributed by atoms with Crippen molar-refractivity contribution in [3.8, 4) is 0 Å². The van der Waals surface area contributed by atoms with Crippen LogP contribution < -0.4 is 0 Å². The van der Waals surface area contributed by atoms with Crippen LogP contribution in [0.15, 0.2) is 6.07 Å². The van der Waals surface area contributed by atoms with Gasteiger partial charge in [-0.15, -0.1) is 0 Å². The van der Waals surface area contributed by atoms with Gasteiger partial charge in [0.15, 0.2) is 0 Å². The molecule has 90 valence electrons. The highest BCUT2D eigenvalue weighted by Gasteiger charge is 2.25. The number of rotatable bonds is 3. The van der Waals surface area contributed by atoms with E-state index in [1.807, 2.05) is 11.7 Å². The lowest BCUT2D eigenvalue weighted by molar-refractivity contribution is -0.0356. The summed E-state index contributed by atoms with van der Waals surface area (Å²) in [5.74, 6) is 0.217. The Balaban J connectivity index is 2.04. The highest BCUT2D eigenvalue weighted by Crippen LogP contribution is 2.20. The van der Waals surface area contributed by atoms with E-state index in [2.05, 4.69) is 18.1 Å². The number of nitrogens with zero attached hydrogens (tertiary/aromatic N) is 2. The Bertz CT molecular complexity index is 349. The molecule has 1 fully saturated rings. The molecule has 0 bridgehead atoms. The maximum absolute atomic E-state index is 9.88. The number of aliphatic hydroxyl groups is 1. The van der Waals surface area contributed by atoms with Gasteiger partial charge in [-0.3, -0.25) is 4.68 Å². The maximum Gasteiger partial charge on any atom is 0.0624 e. The second-order valence-electron chi connectivity index (χ2n) is 4.50. The molecule has 2 heterocycles. The van der Waals surface area contributed by atoms with Gasteiger partial charge in [0.25, 0.3) is 0 Å². The molecule has 0 aliphatic carbocycles. The van der Waals surface area contributed by atoms with Gasteiger partial charge in [0.05, 0.1) is 18.4 Å². The minimum Gasteiger partial charge on any atom is -0.393 e. The third-order valence-corrected chi connectivity index (χ3v) is 3.29. The van der Waals surface area contributed by atoms with E-state index < -0.39 is 0 Å². The predicted molar refractivity (Wildman–Crippen MR) is 61.2 cm³/mol. The molecule has 2 atom stereocenters. The summed E-state index contributed by atoms with van der Waals surface area (Å²) in [4.78, 5) is 0. The van der Waals surface area contributed by atoms with Gasteiger partial charge in [0.1, 0.15) is 0 Å². The Morgan fingerprint density at radius 1 is 1.62 bits per heavy atom. The van der Waals surface area contributed by atoms with Gasteiger partial charge in [-0.2, -0.15) is 5.10 Å². The quantitative estimate of drug-likeness (QED) is 0.830. The van der Waals surface area contributed by atoms with Gasteiger partial charge in [-0.25, -0.2) is 0 Å². The summed E-state index contributed by atoms with van der Waals surface area (Å²) >= 11 is 0. The highest BCUT2D eigenvalue weighted by molar-refractivity contribution is 5.11. The van der Waals surface area contributed by atoms with Crippen molar-refractivity contribution in [1.82, 2.24) is 9.78 Å². The molecule has 1 N–H and O–H groups in total. The monoisotopic (exact) mass is 224 g/mol. The van der Waals surface area contributed by atoms with Crippen LogP contribution in [0.3, 0.4) is 0 Å². The van der Waals surface area contributed by atoms with E-state index in [0.29, 0.717) is 13.2 Å². The summed E-state index contributed by atoms with van der Waals surface area (Å²) in [6.07, 6.45) is 2.33. The fraction of sp³-hybridized carbons (Fsp3) is 0.750.